The van der Waals surface area contributed by atoms with Gasteiger partial charge in [-0.25, -0.2) is 4.79 Å². The molecule has 3 fully saturated rings. The molecular formula is C46H75NO11. The zero-order valence-electron chi connectivity index (χ0n) is 36.7. The molecule has 0 aromatic carbocycles. The molecule has 0 radical (unpaired) electrons. The Balaban J connectivity index is 0.000000496. The van der Waals surface area contributed by atoms with Crippen molar-refractivity contribution in [3.63, 3.8) is 0 Å². The van der Waals surface area contributed by atoms with Crippen LogP contribution in [0.3, 0.4) is 0 Å². The molecule has 5 unspecified atom stereocenters. The maximum absolute atomic E-state index is 12.7. The number of hydrogen-bond donors (Lipinski definition) is 3. The second-order valence-corrected chi connectivity index (χ2v) is 15.9. The Morgan fingerprint density at radius 3 is 2.17 bits per heavy atom. The van der Waals surface area contributed by atoms with Crippen molar-refractivity contribution >= 4 is 29.2 Å². The summed E-state index contributed by atoms with van der Waals surface area (Å²) in [5, 5.41) is 29.8. The summed E-state index contributed by atoms with van der Waals surface area (Å²) in [7, 11) is 1.42. The molecule has 1 saturated carbocycles. The number of carbonyl (C=O) groups is 5. The fraction of sp³-hybridized carbons (Fsp3) is 0.717. The van der Waals surface area contributed by atoms with E-state index in [1.807, 2.05) is 38.2 Å². The maximum atomic E-state index is 12.7. The lowest BCUT2D eigenvalue weighted by atomic mass is 9.88. The van der Waals surface area contributed by atoms with Gasteiger partial charge < -0.3 is 34.4 Å². The van der Waals surface area contributed by atoms with Crippen LogP contribution in [0.25, 0.3) is 0 Å². The molecular weight excluding hydrogens is 743 g/mol. The minimum atomic E-state index is -2.09. The number of aliphatic hydroxyl groups excluding tert-OH is 2. The number of esters is 1. The molecule has 2 saturated heterocycles. The summed E-state index contributed by atoms with van der Waals surface area (Å²) in [6, 6.07) is -0.760. The first-order valence-electron chi connectivity index (χ1n) is 21.5. The molecule has 12 heteroatoms. The topological polar surface area (TPSA) is 177 Å². The highest BCUT2D eigenvalue weighted by Gasteiger charge is 2.50. The predicted octanol–water partition coefficient (Wildman–Crippen LogP) is 7.08. The van der Waals surface area contributed by atoms with Crippen LogP contribution in [0.5, 0.6) is 0 Å². The summed E-state index contributed by atoms with van der Waals surface area (Å²) >= 11 is 0. The summed E-state index contributed by atoms with van der Waals surface area (Å²) in [6.45, 7) is 13.7. The van der Waals surface area contributed by atoms with E-state index in [0.29, 0.717) is 44.2 Å². The third kappa shape index (κ3) is 18.7. The van der Waals surface area contributed by atoms with Crippen molar-refractivity contribution in [2.45, 2.75) is 175 Å². The number of nitrogens with zero attached hydrogens (tertiary/aromatic N) is 1. The number of Topliss-reactive ketones (excluding diaryl/α,β-unsaturated/α-hetero) is 3. The number of rotatable bonds is 18. The highest BCUT2D eigenvalue weighted by atomic mass is 16.6. The monoisotopic (exact) mass is 818 g/mol. The molecule has 0 spiro atoms. The summed E-state index contributed by atoms with van der Waals surface area (Å²) in [4.78, 5) is 62.4. The molecule has 0 bridgehead atoms. The van der Waals surface area contributed by atoms with Crippen molar-refractivity contribution in [1.29, 1.82) is 0 Å². The number of allylic oxidation sites excluding steroid dienone is 7. The minimum absolute atomic E-state index is 0.0105. The Hall–Kier alpha value is -3.29. The van der Waals surface area contributed by atoms with Gasteiger partial charge >= 0.3 is 5.97 Å². The summed E-state index contributed by atoms with van der Waals surface area (Å²) in [5.74, 6) is -5.21. The fourth-order valence-corrected chi connectivity index (χ4v) is 6.74. The van der Waals surface area contributed by atoms with E-state index in [1.165, 1.54) is 43.8 Å². The van der Waals surface area contributed by atoms with Crippen molar-refractivity contribution in [3.8, 4) is 0 Å². The second-order valence-electron chi connectivity index (χ2n) is 15.9. The van der Waals surface area contributed by atoms with Crippen molar-refractivity contribution in [1.82, 2.24) is 4.90 Å². The molecule has 0 aromatic rings. The first kappa shape index (κ1) is 52.7. The van der Waals surface area contributed by atoms with Gasteiger partial charge in [0, 0.05) is 31.9 Å². The van der Waals surface area contributed by atoms with Gasteiger partial charge in [0.2, 0.25) is 5.79 Å². The Morgan fingerprint density at radius 1 is 0.931 bits per heavy atom. The van der Waals surface area contributed by atoms with Gasteiger partial charge in [-0.1, -0.05) is 89.0 Å². The number of aliphatic hydroxyl groups is 3. The Morgan fingerprint density at radius 2 is 1.60 bits per heavy atom. The average Bonchev–Trinajstić information content (AvgIpc) is 3.22. The second kappa shape index (κ2) is 29.0. The lowest BCUT2D eigenvalue weighted by Crippen LogP contribution is -2.59. The molecule has 6 atom stereocenters. The van der Waals surface area contributed by atoms with Crippen LogP contribution in [0.15, 0.2) is 47.6 Å². The van der Waals surface area contributed by atoms with E-state index in [0.717, 1.165) is 38.5 Å². The summed E-state index contributed by atoms with van der Waals surface area (Å²) in [6.07, 6.45) is 22.5. The van der Waals surface area contributed by atoms with Crippen LogP contribution in [0.2, 0.25) is 0 Å². The summed E-state index contributed by atoms with van der Waals surface area (Å²) in [5.41, 5.74) is 1.91. The number of ketones is 3. The summed E-state index contributed by atoms with van der Waals surface area (Å²) < 4.78 is 15.7. The molecule has 2 aliphatic heterocycles. The smallest absolute Gasteiger partial charge is 0.328 e. The Labute approximate surface area is 348 Å². The number of likely N-dealkylation sites (tertiary alicyclic amines) is 1. The van der Waals surface area contributed by atoms with Gasteiger partial charge in [-0.3, -0.25) is 19.2 Å². The fourth-order valence-electron chi connectivity index (χ4n) is 6.74. The number of amides is 1. The highest BCUT2D eigenvalue weighted by molar-refractivity contribution is 6.39. The zero-order chi connectivity index (χ0) is 43.7. The SMILES string of the molecule is CC/C(C)=C/C=C/C=C/CCC(C)C(=O)[C@H](OC)C(O)/C(C)=C/CC(C)=O.CCCOC(=O)C1CCCCN1C(=O)C(=O)C1(O)OCCCC1C.OC1CCCCC1. The quantitative estimate of drug-likeness (QED) is 0.0558. The van der Waals surface area contributed by atoms with Crippen molar-refractivity contribution < 1.29 is 53.5 Å². The maximum Gasteiger partial charge on any atom is 0.328 e. The molecule has 1 amide bonds. The lowest BCUT2D eigenvalue weighted by Gasteiger charge is -2.39. The van der Waals surface area contributed by atoms with Gasteiger partial charge in [-0.15, -0.1) is 0 Å². The van der Waals surface area contributed by atoms with Crippen LogP contribution in [0.1, 0.15) is 145 Å². The zero-order valence-corrected chi connectivity index (χ0v) is 36.7. The van der Waals surface area contributed by atoms with Crippen LogP contribution in [0.4, 0.5) is 0 Å². The number of carbonyl (C=O) groups excluding carboxylic acids is 5. The molecule has 3 N–H and O–H groups in total. The molecule has 3 rings (SSSR count). The van der Waals surface area contributed by atoms with Crippen molar-refractivity contribution in [3.05, 3.63) is 47.6 Å². The van der Waals surface area contributed by atoms with E-state index >= 15 is 0 Å². The number of piperidine rings is 1. The van der Waals surface area contributed by atoms with Crippen molar-refractivity contribution in [2.24, 2.45) is 11.8 Å². The van der Waals surface area contributed by atoms with E-state index < -0.39 is 47.6 Å². The van der Waals surface area contributed by atoms with Crippen LogP contribution in [-0.4, -0.2) is 106 Å². The minimum Gasteiger partial charge on any atom is -0.464 e. The van der Waals surface area contributed by atoms with Crippen LogP contribution >= 0.6 is 0 Å². The Bertz CT molecular complexity index is 1400. The van der Waals surface area contributed by atoms with E-state index in [4.69, 9.17) is 19.3 Å². The third-order valence-electron chi connectivity index (χ3n) is 10.9. The largest absolute Gasteiger partial charge is 0.464 e. The molecule has 58 heavy (non-hydrogen) atoms. The predicted molar refractivity (Wildman–Crippen MR) is 226 cm³/mol. The van der Waals surface area contributed by atoms with Gasteiger partial charge in [-0.05, 0) is 97.0 Å². The first-order valence-corrected chi connectivity index (χ1v) is 21.5. The molecule has 330 valence electrons. The molecule has 0 aromatic heterocycles. The van der Waals surface area contributed by atoms with E-state index in [2.05, 4.69) is 19.9 Å². The van der Waals surface area contributed by atoms with Gasteiger partial charge in [0.15, 0.2) is 5.78 Å². The molecule has 1 aliphatic carbocycles. The number of hydrogen-bond acceptors (Lipinski definition) is 11. The van der Waals surface area contributed by atoms with Crippen LogP contribution in [-0.2, 0) is 38.2 Å². The first-order chi connectivity index (χ1) is 27.5. The lowest BCUT2D eigenvalue weighted by molar-refractivity contribution is -0.240. The van der Waals surface area contributed by atoms with Gasteiger partial charge in [0.1, 0.15) is 24.0 Å². The van der Waals surface area contributed by atoms with Gasteiger partial charge in [0.05, 0.1) is 19.3 Å². The molecule has 3 aliphatic rings. The normalized spacial score (nSPS) is 23.5. The van der Waals surface area contributed by atoms with E-state index in [9.17, 15) is 34.2 Å². The van der Waals surface area contributed by atoms with Crippen LogP contribution in [0, 0.1) is 11.8 Å². The van der Waals surface area contributed by atoms with Gasteiger partial charge in [-0.2, -0.15) is 0 Å². The average molecular weight is 818 g/mol. The molecule has 2 heterocycles. The highest BCUT2D eigenvalue weighted by Crippen LogP contribution is 2.31. The van der Waals surface area contributed by atoms with Crippen LogP contribution < -0.4 is 0 Å². The Kier molecular flexibility index (Phi) is 26.4. The number of methoxy groups -OCH3 is 1. The number of ether oxygens (including phenoxy) is 3. The molecule has 12 nitrogen and oxygen atoms in total. The standard InChI is InChI=1S/C23H36O4.C17H27NO6.C6H12O/c1-7-17(2)13-11-9-8-10-12-14-18(3)21(25)23(27-6)22(26)19(4)15-16-20(5)24;1-3-10-23-16(21)13-8-4-5-9-18(13)15(20)14(19)17(22)12(2)7-6-11-24-17;7-6-4-2-1-3-5-6/h8-11,13,15,18,22-23,26H,7,12,14,16H2,1-6H3;12-13,22H,3-11H2,1-2H3;6-7H,1-5H2/b10-8+,11-9+,17-13+,19-15+;;/t18?,22?,23-;;/m0../s1. The van der Waals surface area contributed by atoms with E-state index in [-0.39, 0.29) is 43.2 Å². The van der Waals surface area contributed by atoms with Gasteiger partial charge in [0.25, 0.3) is 11.7 Å². The van der Waals surface area contributed by atoms with E-state index in [1.54, 1.807) is 19.9 Å². The van der Waals surface area contributed by atoms with Crippen molar-refractivity contribution in [2.75, 3.05) is 26.9 Å². The third-order valence-corrected chi connectivity index (χ3v) is 10.9.